The minimum Gasteiger partial charge on any atom is -0.497 e. The number of methoxy groups -OCH3 is 2. The number of H-pyrrole nitrogens is 1. The van der Waals surface area contributed by atoms with Gasteiger partial charge in [0.15, 0.2) is 5.11 Å². The predicted molar refractivity (Wildman–Crippen MR) is 124 cm³/mol. The van der Waals surface area contributed by atoms with Crippen LogP contribution in [0.2, 0.25) is 0 Å². The van der Waals surface area contributed by atoms with Crippen molar-refractivity contribution in [1.29, 1.82) is 0 Å². The maximum atomic E-state index is 12.7. The van der Waals surface area contributed by atoms with Crippen LogP contribution in [-0.4, -0.2) is 42.4 Å². The summed E-state index contributed by atoms with van der Waals surface area (Å²) >= 11 is 5.64. The van der Waals surface area contributed by atoms with Crippen LogP contribution in [0.4, 0.5) is 0 Å². The second kappa shape index (κ2) is 10.8. The maximum Gasteiger partial charge on any atom is 0.253 e. The van der Waals surface area contributed by atoms with Crippen LogP contribution >= 0.6 is 12.2 Å². The van der Waals surface area contributed by atoms with Gasteiger partial charge in [-0.25, -0.2) is 0 Å². The van der Waals surface area contributed by atoms with E-state index in [1.165, 1.54) is 0 Å². The Morgan fingerprint density at radius 1 is 1.10 bits per heavy atom. The number of fused-ring (bicyclic) bond motifs is 1. The third-order valence-corrected chi connectivity index (χ3v) is 5.20. The second-order valence-electron chi connectivity index (χ2n) is 7.00. The fourth-order valence-electron chi connectivity index (χ4n) is 3.21. The van der Waals surface area contributed by atoms with E-state index in [-0.39, 0.29) is 5.56 Å². The van der Waals surface area contributed by atoms with Crippen LogP contribution < -0.4 is 15.6 Å². The van der Waals surface area contributed by atoms with E-state index in [1.807, 2.05) is 47.4 Å². The molecule has 0 amide bonds. The summed E-state index contributed by atoms with van der Waals surface area (Å²) in [5.41, 5.74) is 2.43. The zero-order chi connectivity index (χ0) is 21.3. The van der Waals surface area contributed by atoms with E-state index in [0.717, 1.165) is 28.6 Å². The Morgan fingerprint density at radius 3 is 2.63 bits per heavy atom. The van der Waals surface area contributed by atoms with Gasteiger partial charge in [0.2, 0.25) is 0 Å². The van der Waals surface area contributed by atoms with Crippen LogP contribution in [0, 0.1) is 0 Å². The number of thiocarbonyl (C=S) groups is 1. The normalized spacial score (nSPS) is 10.7. The summed E-state index contributed by atoms with van der Waals surface area (Å²) in [6.07, 6.45) is 0.853. The molecule has 0 aliphatic carbocycles. The van der Waals surface area contributed by atoms with Crippen molar-refractivity contribution in [3.63, 3.8) is 0 Å². The molecule has 0 bridgehead atoms. The first kappa shape index (κ1) is 21.8. The molecule has 0 unspecified atom stereocenters. The molecule has 30 heavy (non-hydrogen) atoms. The van der Waals surface area contributed by atoms with E-state index < -0.39 is 0 Å². The third kappa shape index (κ3) is 5.81. The molecule has 3 rings (SSSR count). The van der Waals surface area contributed by atoms with Crippen molar-refractivity contribution in [1.82, 2.24) is 15.2 Å². The zero-order valence-electron chi connectivity index (χ0n) is 17.3. The van der Waals surface area contributed by atoms with E-state index in [0.29, 0.717) is 36.9 Å². The monoisotopic (exact) mass is 425 g/mol. The smallest absolute Gasteiger partial charge is 0.253 e. The van der Waals surface area contributed by atoms with Crippen LogP contribution in [0.5, 0.6) is 5.75 Å². The van der Waals surface area contributed by atoms with Crippen molar-refractivity contribution in [2.75, 3.05) is 27.4 Å². The van der Waals surface area contributed by atoms with Crippen LogP contribution in [0.1, 0.15) is 17.5 Å². The zero-order valence-corrected chi connectivity index (χ0v) is 18.1. The van der Waals surface area contributed by atoms with Gasteiger partial charge < -0.3 is 24.7 Å². The maximum absolute atomic E-state index is 12.7. The van der Waals surface area contributed by atoms with E-state index in [2.05, 4.69) is 22.4 Å². The molecule has 0 radical (unpaired) electrons. The van der Waals surface area contributed by atoms with Gasteiger partial charge in [-0.3, -0.25) is 4.79 Å². The number of ether oxygens (including phenoxy) is 2. The quantitative estimate of drug-likeness (QED) is 0.404. The number of aromatic amines is 1. The van der Waals surface area contributed by atoms with Crippen molar-refractivity contribution in [3.8, 4) is 5.75 Å². The minimum atomic E-state index is -0.118. The number of nitrogens with zero attached hydrogens (tertiary/aromatic N) is 1. The van der Waals surface area contributed by atoms with E-state index in [9.17, 15) is 4.79 Å². The predicted octanol–water partition coefficient (Wildman–Crippen LogP) is 3.45. The number of aromatic nitrogens is 1. The number of hydrogen-bond acceptors (Lipinski definition) is 4. The average molecular weight is 426 g/mol. The number of rotatable bonds is 9. The first-order valence-corrected chi connectivity index (χ1v) is 10.3. The molecule has 0 saturated carbocycles. The van der Waals surface area contributed by atoms with Crippen molar-refractivity contribution < 1.29 is 9.47 Å². The van der Waals surface area contributed by atoms with Gasteiger partial charge in [-0.1, -0.05) is 30.3 Å². The Morgan fingerprint density at radius 2 is 1.90 bits per heavy atom. The molecule has 0 fully saturated rings. The van der Waals surface area contributed by atoms with Crippen LogP contribution in [0.3, 0.4) is 0 Å². The topological polar surface area (TPSA) is 66.6 Å². The van der Waals surface area contributed by atoms with Gasteiger partial charge in [-0.2, -0.15) is 0 Å². The molecule has 2 N–H and O–H groups in total. The van der Waals surface area contributed by atoms with Crippen molar-refractivity contribution in [3.05, 3.63) is 76.1 Å². The lowest BCUT2D eigenvalue weighted by Gasteiger charge is -2.26. The first-order chi connectivity index (χ1) is 14.6. The van der Waals surface area contributed by atoms with Crippen molar-refractivity contribution in [2.45, 2.75) is 19.5 Å². The number of pyridine rings is 1. The van der Waals surface area contributed by atoms with Crippen LogP contribution in [0.25, 0.3) is 10.9 Å². The minimum absolute atomic E-state index is 0.118. The van der Waals surface area contributed by atoms with Crippen LogP contribution in [-0.2, 0) is 17.8 Å². The Balaban J connectivity index is 1.84. The highest BCUT2D eigenvalue weighted by molar-refractivity contribution is 7.80. The Bertz CT molecular complexity index is 1040. The molecule has 158 valence electrons. The van der Waals surface area contributed by atoms with E-state index in [1.54, 1.807) is 14.2 Å². The highest BCUT2D eigenvalue weighted by Gasteiger charge is 2.14. The molecular weight excluding hydrogens is 398 g/mol. The molecule has 0 atom stereocenters. The molecule has 0 aliphatic rings. The summed E-state index contributed by atoms with van der Waals surface area (Å²) < 4.78 is 10.4. The summed E-state index contributed by atoms with van der Waals surface area (Å²) in [5, 5.41) is 4.81. The molecule has 6 nitrogen and oxygen atoms in total. The van der Waals surface area contributed by atoms with Gasteiger partial charge >= 0.3 is 0 Å². The number of nitrogens with one attached hydrogen (secondary N) is 2. The number of benzene rings is 2. The molecule has 0 spiro atoms. The van der Waals surface area contributed by atoms with Gasteiger partial charge in [-0.05, 0) is 48.5 Å². The van der Waals surface area contributed by atoms with Gasteiger partial charge in [0.05, 0.1) is 13.7 Å². The molecule has 3 aromatic rings. The van der Waals surface area contributed by atoms with Gasteiger partial charge in [0.25, 0.3) is 5.56 Å². The van der Waals surface area contributed by atoms with E-state index >= 15 is 0 Å². The first-order valence-electron chi connectivity index (χ1n) is 9.86. The van der Waals surface area contributed by atoms with Crippen LogP contribution in [0.15, 0.2) is 59.4 Å². The lowest BCUT2D eigenvalue weighted by atomic mass is 10.1. The summed E-state index contributed by atoms with van der Waals surface area (Å²) in [7, 11) is 3.31. The van der Waals surface area contributed by atoms with Gasteiger partial charge in [0.1, 0.15) is 5.75 Å². The standard InChI is InChI=1S/C23H27N3O3S/c1-28-12-6-11-24-23(30)26(15-17-7-4-3-5-8-17)16-19-13-18-14-20(29-2)9-10-21(18)25-22(19)27/h3-5,7-10,13-14H,6,11-12,15-16H2,1-2H3,(H,24,30)(H,25,27). The summed E-state index contributed by atoms with van der Waals surface area (Å²) in [6, 6.07) is 17.6. The van der Waals surface area contributed by atoms with Gasteiger partial charge in [-0.15, -0.1) is 0 Å². The highest BCUT2D eigenvalue weighted by Crippen LogP contribution is 2.19. The summed E-state index contributed by atoms with van der Waals surface area (Å²) in [4.78, 5) is 17.7. The fraction of sp³-hybridized carbons (Fsp3) is 0.304. The largest absolute Gasteiger partial charge is 0.497 e. The number of hydrogen-bond donors (Lipinski definition) is 2. The Hall–Kier alpha value is -2.90. The molecule has 1 aromatic heterocycles. The molecule has 0 saturated heterocycles. The van der Waals surface area contributed by atoms with Gasteiger partial charge in [0, 0.05) is 43.3 Å². The third-order valence-electron chi connectivity index (χ3n) is 4.79. The SMILES string of the molecule is COCCCNC(=S)N(Cc1ccccc1)Cc1cc2cc(OC)ccc2[nH]c1=O. The van der Waals surface area contributed by atoms with Crippen molar-refractivity contribution >= 4 is 28.2 Å². The molecule has 7 heteroatoms. The Labute approximate surface area is 181 Å². The second-order valence-corrected chi connectivity index (χ2v) is 7.38. The molecule has 2 aromatic carbocycles. The fourth-order valence-corrected chi connectivity index (χ4v) is 3.44. The average Bonchev–Trinajstić information content (AvgIpc) is 2.77. The lowest BCUT2D eigenvalue weighted by molar-refractivity contribution is 0.195. The Kier molecular flexibility index (Phi) is 7.82. The lowest BCUT2D eigenvalue weighted by Crippen LogP contribution is -2.40. The molecule has 1 heterocycles. The highest BCUT2D eigenvalue weighted by atomic mass is 32.1. The summed E-state index contributed by atoms with van der Waals surface area (Å²) in [6.45, 7) is 2.38. The van der Waals surface area contributed by atoms with Crippen molar-refractivity contribution in [2.24, 2.45) is 0 Å². The summed E-state index contributed by atoms with van der Waals surface area (Å²) in [5.74, 6) is 0.747. The molecule has 0 aliphatic heterocycles. The van der Waals surface area contributed by atoms with E-state index in [4.69, 9.17) is 21.7 Å². The molecular formula is C23H27N3O3S.